The van der Waals surface area contributed by atoms with Crippen LogP contribution in [0.4, 0.5) is 0 Å². The smallest absolute Gasteiger partial charge is 0.161 e. The Balaban J connectivity index is 1.48. The van der Waals surface area contributed by atoms with Crippen molar-refractivity contribution in [2.24, 2.45) is 0 Å². The molecule has 0 fully saturated rings. The molecule has 1 N–H and O–H groups in total. The number of para-hydroxylation sites is 2. The van der Waals surface area contributed by atoms with Crippen molar-refractivity contribution in [3.63, 3.8) is 0 Å². The van der Waals surface area contributed by atoms with E-state index in [1.165, 1.54) is 11.1 Å². The molecule has 0 saturated heterocycles. The van der Waals surface area contributed by atoms with Crippen molar-refractivity contribution in [2.75, 3.05) is 19.7 Å². The molecule has 4 nitrogen and oxygen atoms in total. The predicted octanol–water partition coefficient (Wildman–Crippen LogP) is 4.21. The summed E-state index contributed by atoms with van der Waals surface area (Å²) in [7, 11) is 0. The Kier molecular flexibility index (Phi) is 6.08. The summed E-state index contributed by atoms with van der Waals surface area (Å²) in [6.07, 6.45) is 3.00. The average molecular weight is 350 g/mol. The summed E-state index contributed by atoms with van der Waals surface area (Å²) in [6.45, 7) is 7.01. The van der Waals surface area contributed by atoms with Crippen LogP contribution in [0.3, 0.4) is 0 Å². The molecule has 0 aliphatic rings. The number of benzene rings is 2. The Morgan fingerprint density at radius 3 is 2.65 bits per heavy atom. The first kappa shape index (κ1) is 18.2. The van der Waals surface area contributed by atoms with Crippen LogP contribution in [0.5, 0.6) is 5.75 Å². The summed E-state index contributed by atoms with van der Waals surface area (Å²) in [6, 6.07) is 16.0. The average Bonchev–Trinajstić information content (AvgIpc) is 3.02. The topological polar surface area (TPSA) is 43.3 Å². The standard InChI is InChI=1S/C22H26N2O2/c1-17-8-6-11-20-21(18(2)25)16-24(22(17)20)14-7-12-23-13-15-26-19-9-4-3-5-10-19/h3-6,8-11,16,23H,7,12-15H2,1-2H3. The van der Waals surface area contributed by atoms with Crippen LogP contribution in [0.2, 0.25) is 0 Å². The predicted molar refractivity (Wildman–Crippen MR) is 106 cm³/mol. The second-order valence-corrected chi connectivity index (χ2v) is 6.53. The van der Waals surface area contributed by atoms with Crippen molar-refractivity contribution in [3.05, 3.63) is 65.9 Å². The maximum Gasteiger partial charge on any atom is 0.161 e. The van der Waals surface area contributed by atoms with Gasteiger partial charge in [-0.15, -0.1) is 0 Å². The van der Waals surface area contributed by atoms with Gasteiger partial charge in [0.15, 0.2) is 5.78 Å². The molecule has 3 rings (SSSR count). The molecule has 0 bridgehead atoms. The lowest BCUT2D eigenvalue weighted by molar-refractivity contribution is 0.101. The molecular weight excluding hydrogens is 324 g/mol. The van der Waals surface area contributed by atoms with Gasteiger partial charge in [0.2, 0.25) is 0 Å². The van der Waals surface area contributed by atoms with Gasteiger partial charge in [-0.2, -0.15) is 0 Å². The molecule has 2 aromatic carbocycles. The van der Waals surface area contributed by atoms with Crippen molar-refractivity contribution in [3.8, 4) is 5.75 Å². The number of Topliss-reactive ketones (excluding diaryl/α,β-unsaturated/α-hetero) is 1. The van der Waals surface area contributed by atoms with Gasteiger partial charge in [0, 0.05) is 30.2 Å². The number of ketones is 1. The molecule has 1 aromatic heterocycles. The highest BCUT2D eigenvalue weighted by Crippen LogP contribution is 2.25. The second-order valence-electron chi connectivity index (χ2n) is 6.53. The van der Waals surface area contributed by atoms with E-state index in [0.717, 1.165) is 42.8 Å². The quantitative estimate of drug-likeness (QED) is 0.464. The third-order valence-electron chi connectivity index (χ3n) is 4.52. The number of nitrogens with zero attached hydrogens (tertiary/aromatic N) is 1. The summed E-state index contributed by atoms with van der Waals surface area (Å²) < 4.78 is 7.88. The lowest BCUT2D eigenvalue weighted by Gasteiger charge is -2.09. The fourth-order valence-corrected chi connectivity index (χ4v) is 3.26. The van der Waals surface area contributed by atoms with E-state index in [1.54, 1.807) is 6.92 Å². The molecule has 0 aliphatic carbocycles. The van der Waals surface area contributed by atoms with Gasteiger partial charge in [0.1, 0.15) is 12.4 Å². The molecule has 3 aromatic rings. The summed E-state index contributed by atoms with van der Waals surface area (Å²) in [5.41, 5.74) is 3.19. The number of ether oxygens (including phenoxy) is 1. The van der Waals surface area contributed by atoms with Gasteiger partial charge in [-0.3, -0.25) is 4.79 Å². The highest BCUT2D eigenvalue weighted by Gasteiger charge is 2.12. The maximum absolute atomic E-state index is 11.9. The molecule has 4 heteroatoms. The van der Waals surface area contributed by atoms with Crippen LogP contribution in [-0.2, 0) is 6.54 Å². The number of hydrogen-bond donors (Lipinski definition) is 1. The summed E-state index contributed by atoms with van der Waals surface area (Å²) >= 11 is 0. The Morgan fingerprint density at radius 1 is 1.08 bits per heavy atom. The Bertz CT molecular complexity index is 868. The number of hydrogen-bond acceptors (Lipinski definition) is 3. The van der Waals surface area contributed by atoms with Crippen molar-refractivity contribution in [1.29, 1.82) is 0 Å². The summed E-state index contributed by atoms with van der Waals surface area (Å²) in [5, 5.41) is 4.47. The van der Waals surface area contributed by atoms with Crippen molar-refractivity contribution in [1.82, 2.24) is 9.88 Å². The van der Waals surface area contributed by atoms with Crippen LogP contribution in [0.1, 0.15) is 29.3 Å². The van der Waals surface area contributed by atoms with E-state index >= 15 is 0 Å². The maximum atomic E-state index is 11.9. The van der Waals surface area contributed by atoms with E-state index in [0.29, 0.717) is 6.61 Å². The van der Waals surface area contributed by atoms with Gasteiger partial charge in [0.25, 0.3) is 0 Å². The number of nitrogens with one attached hydrogen (secondary N) is 1. The van der Waals surface area contributed by atoms with Crippen molar-refractivity contribution < 1.29 is 9.53 Å². The van der Waals surface area contributed by atoms with Gasteiger partial charge < -0.3 is 14.6 Å². The number of aryl methyl sites for hydroxylation is 2. The number of rotatable bonds is 9. The van der Waals surface area contributed by atoms with Crippen LogP contribution < -0.4 is 10.1 Å². The molecule has 0 aliphatic heterocycles. The van der Waals surface area contributed by atoms with E-state index in [-0.39, 0.29) is 5.78 Å². The normalized spacial score (nSPS) is 11.0. The number of fused-ring (bicyclic) bond motifs is 1. The van der Waals surface area contributed by atoms with E-state index < -0.39 is 0 Å². The molecule has 0 atom stereocenters. The minimum absolute atomic E-state index is 0.121. The lowest BCUT2D eigenvalue weighted by atomic mass is 10.1. The minimum atomic E-state index is 0.121. The molecule has 0 saturated carbocycles. The van der Waals surface area contributed by atoms with Crippen molar-refractivity contribution in [2.45, 2.75) is 26.8 Å². The zero-order valence-electron chi connectivity index (χ0n) is 15.5. The SMILES string of the molecule is CC(=O)c1cn(CCCNCCOc2ccccc2)c2c(C)cccc12. The molecule has 26 heavy (non-hydrogen) atoms. The fourth-order valence-electron chi connectivity index (χ4n) is 3.26. The van der Waals surface area contributed by atoms with Gasteiger partial charge in [-0.05, 0) is 44.5 Å². The zero-order chi connectivity index (χ0) is 18.4. The highest BCUT2D eigenvalue weighted by atomic mass is 16.5. The Morgan fingerprint density at radius 2 is 1.88 bits per heavy atom. The number of carbonyl (C=O) groups excluding carboxylic acids is 1. The van der Waals surface area contributed by atoms with Crippen LogP contribution in [-0.4, -0.2) is 30.0 Å². The third-order valence-corrected chi connectivity index (χ3v) is 4.52. The minimum Gasteiger partial charge on any atom is -0.492 e. The molecular formula is C22H26N2O2. The van der Waals surface area contributed by atoms with Crippen molar-refractivity contribution >= 4 is 16.7 Å². The largest absolute Gasteiger partial charge is 0.492 e. The Labute approximate surface area is 154 Å². The fraction of sp³-hybridized carbons (Fsp3) is 0.318. The first-order valence-electron chi connectivity index (χ1n) is 9.15. The zero-order valence-corrected chi connectivity index (χ0v) is 15.5. The lowest BCUT2D eigenvalue weighted by Crippen LogP contribution is -2.23. The van der Waals surface area contributed by atoms with Crippen LogP contribution in [0, 0.1) is 6.92 Å². The molecule has 0 amide bonds. The number of aromatic nitrogens is 1. The van der Waals surface area contributed by atoms with Gasteiger partial charge >= 0.3 is 0 Å². The first-order chi connectivity index (χ1) is 12.7. The van der Waals surface area contributed by atoms with E-state index in [2.05, 4.69) is 22.9 Å². The molecule has 0 unspecified atom stereocenters. The summed E-state index contributed by atoms with van der Waals surface area (Å²) in [4.78, 5) is 11.9. The summed E-state index contributed by atoms with van der Waals surface area (Å²) in [5.74, 6) is 1.02. The highest BCUT2D eigenvalue weighted by molar-refractivity contribution is 6.07. The Hall–Kier alpha value is -2.59. The second kappa shape index (κ2) is 8.68. The van der Waals surface area contributed by atoms with Gasteiger partial charge in [-0.1, -0.05) is 36.4 Å². The van der Waals surface area contributed by atoms with E-state index in [1.807, 2.05) is 48.7 Å². The van der Waals surface area contributed by atoms with Crippen LogP contribution in [0.25, 0.3) is 10.9 Å². The van der Waals surface area contributed by atoms with E-state index in [4.69, 9.17) is 4.74 Å². The first-order valence-corrected chi connectivity index (χ1v) is 9.15. The number of carbonyl (C=O) groups is 1. The molecule has 0 spiro atoms. The van der Waals surface area contributed by atoms with Crippen LogP contribution >= 0.6 is 0 Å². The monoisotopic (exact) mass is 350 g/mol. The molecule has 0 radical (unpaired) electrons. The van der Waals surface area contributed by atoms with Gasteiger partial charge in [0.05, 0.1) is 5.52 Å². The third kappa shape index (κ3) is 4.33. The molecule has 1 heterocycles. The van der Waals surface area contributed by atoms with E-state index in [9.17, 15) is 4.79 Å². The molecule has 136 valence electrons. The van der Waals surface area contributed by atoms with Crippen LogP contribution in [0.15, 0.2) is 54.7 Å². The van der Waals surface area contributed by atoms with Gasteiger partial charge in [-0.25, -0.2) is 0 Å².